The number of thiocarbonyl (C=S) groups is 1. The smallest absolute Gasteiger partial charge is 0.256 e. The Hall–Kier alpha value is -2.68. The summed E-state index contributed by atoms with van der Waals surface area (Å²) in [6.07, 6.45) is 6.00. The summed E-state index contributed by atoms with van der Waals surface area (Å²) < 4.78 is 11.9. The lowest BCUT2D eigenvalue weighted by molar-refractivity contribution is -0.166. The fraction of sp³-hybridized carbons (Fsp3) is 0.400. The maximum atomic E-state index is 12.7. The number of halogens is 1. The minimum absolute atomic E-state index is 0.200. The first-order chi connectivity index (χ1) is 16.4. The van der Waals surface area contributed by atoms with Crippen molar-refractivity contribution in [3.63, 3.8) is 0 Å². The van der Waals surface area contributed by atoms with Crippen LogP contribution in [0.15, 0.2) is 47.9 Å². The summed E-state index contributed by atoms with van der Waals surface area (Å²) in [6.45, 7) is 6.30. The van der Waals surface area contributed by atoms with Crippen LogP contribution >= 0.6 is 23.8 Å². The number of benzene rings is 1. The van der Waals surface area contributed by atoms with Crippen molar-refractivity contribution in [2.75, 3.05) is 25.1 Å². The molecule has 9 heteroatoms. The Labute approximate surface area is 210 Å². The zero-order valence-electron chi connectivity index (χ0n) is 19.4. The van der Waals surface area contributed by atoms with Gasteiger partial charge in [0.1, 0.15) is 22.9 Å². The molecular formula is C25H29ClN4O3S. The van der Waals surface area contributed by atoms with Crippen LogP contribution in [0.25, 0.3) is 0 Å². The number of aromatic nitrogens is 1. The summed E-state index contributed by atoms with van der Waals surface area (Å²) in [5, 5.41) is 10.1. The zero-order valence-corrected chi connectivity index (χ0v) is 20.9. The van der Waals surface area contributed by atoms with Gasteiger partial charge in [-0.1, -0.05) is 36.8 Å². The summed E-state index contributed by atoms with van der Waals surface area (Å²) in [4.78, 5) is 17.3. The van der Waals surface area contributed by atoms with E-state index in [9.17, 15) is 4.79 Å². The van der Waals surface area contributed by atoms with Gasteiger partial charge in [-0.3, -0.25) is 9.78 Å². The van der Waals surface area contributed by atoms with Gasteiger partial charge in [0.2, 0.25) is 0 Å². The summed E-state index contributed by atoms with van der Waals surface area (Å²) >= 11 is 11.9. The van der Waals surface area contributed by atoms with Crippen molar-refractivity contribution in [1.82, 2.24) is 15.6 Å². The molecule has 34 heavy (non-hydrogen) atoms. The predicted octanol–water partition coefficient (Wildman–Crippen LogP) is 4.29. The first-order valence-corrected chi connectivity index (χ1v) is 12.2. The minimum Gasteiger partial charge on any atom is -0.489 e. The molecular weight excluding hydrogens is 472 g/mol. The maximum Gasteiger partial charge on any atom is 0.256 e. The van der Waals surface area contributed by atoms with Crippen molar-refractivity contribution in [2.45, 2.75) is 45.3 Å². The van der Waals surface area contributed by atoms with Crippen LogP contribution in [-0.2, 0) is 16.1 Å². The van der Waals surface area contributed by atoms with E-state index < -0.39 is 0 Å². The van der Waals surface area contributed by atoms with Crippen molar-refractivity contribution in [3.05, 3.63) is 64.1 Å². The van der Waals surface area contributed by atoms with Gasteiger partial charge in [0.25, 0.3) is 5.91 Å². The molecule has 1 unspecified atom stereocenters. The highest BCUT2D eigenvalue weighted by Gasteiger charge is 2.37. The molecule has 2 aliphatic heterocycles. The van der Waals surface area contributed by atoms with Gasteiger partial charge in [-0.2, -0.15) is 0 Å². The molecule has 0 spiro atoms. The number of nitrogens with zero attached hydrogens (tertiary/aromatic N) is 1. The number of nitrogens with one attached hydrogen (secondary N) is 3. The Bertz CT molecular complexity index is 1110. The van der Waals surface area contributed by atoms with Crippen molar-refractivity contribution in [2.24, 2.45) is 0 Å². The standard InChI is InChI=1S/C25H29ClN4O3S/c1-3-25(9-12-33-25)15-32-21-14-27-10-7-17(21)13-29-20-8-11-28-23(31)22(20)24(34)30-19-6-4-5-18(26)16(19)2/h4-7,10,14,29H,3,8-9,11-13,15H2,1-2H3,(H,28,31)(H,30,34). The average Bonchev–Trinajstić information content (AvgIpc) is 2.81. The monoisotopic (exact) mass is 500 g/mol. The van der Waals surface area contributed by atoms with Crippen molar-refractivity contribution in [3.8, 4) is 5.75 Å². The van der Waals surface area contributed by atoms with E-state index in [1.54, 1.807) is 12.4 Å². The first kappa shape index (κ1) is 24.4. The fourth-order valence-electron chi connectivity index (χ4n) is 3.98. The summed E-state index contributed by atoms with van der Waals surface area (Å²) in [5.41, 5.74) is 3.62. The molecule has 2 aliphatic rings. The third-order valence-corrected chi connectivity index (χ3v) is 7.11. The van der Waals surface area contributed by atoms with Crippen LogP contribution in [0.2, 0.25) is 5.02 Å². The molecule has 3 N–H and O–H groups in total. The molecule has 180 valence electrons. The number of hydrogen-bond donors (Lipinski definition) is 3. The summed E-state index contributed by atoms with van der Waals surface area (Å²) in [7, 11) is 0. The molecule has 1 saturated heterocycles. The van der Waals surface area contributed by atoms with Crippen LogP contribution in [0.4, 0.5) is 5.69 Å². The number of carbonyl (C=O) groups excluding carboxylic acids is 1. The van der Waals surface area contributed by atoms with E-state index in [2.05, 4.69) is 27.9 Å². The minimum atomic E-state index is -0.204. The van der Waals surface area contributed by atoms with E-state index in [0.29, 0.717) is 47.5 Å². The van der Waals surface area contributed by atoms with E-state index >= 15 is 0 Å². The highest BCUT2D eigenvalue weighted by molar-refractivity contribution is 7.81. The molecule has 1 amide bonds. The summed E-state index contributed by atoms with van der Waals surface area (Å²) in [5.74, 6) is 0.500. The van der Waals surface area contributed by atoms with Crippen molar-refractivity contribution in [1.29, 1.82) is 0 Å². The van der Waals surface area contributed by atoms with Gasteiger partial charge < -0.3 is 25.4 Å². The molecule has 0 aliphatic carbocycles. The molecule has 0 saturated carbocycles. The third kappa shape index (κ3) is 5.35. The second-order valence-corrected chi connectivity index (χ2v) is 9.30. The Morgan fingerprint density at radius 3 is 2.94 bits per heavy atom. The van der Waals surface area contributed by atoms with E-state index in [-0.39, 0.29) is 11.5 Å². The molecule has 0 bridgehead atoms. The van der Waals surface area contributed by atoms with Gasteiger partial charge in [-0.25, -0.2) is 0 Å². The van der Waals surface area contributed by atoms with Crippen LogP contribution in [0.3, 0.4) is 0 Å². The molecule has 3 heterocycles. The molecule has 1 aromatic heterocycles. The Balaban J connectivity index is 1.49. The van der Waals surface area contributed by atoms with Gasteiger partial charge in [-0.15, -0.1) is 0 Å². The second kappa shape index (κ2) is 10.7. The molecule has 2 aromatic rings. The normalized spacial score (nSPS) is 19.8. The second-order valence-electron chi connectivity index (χ2n) is 8.49. The largest absolute Gasteiger partial charge is 0.489 e. The quantitative estimate of drug-likeness (QED) is 0.443. The topological polar surface area (TPSA) is 84.5 Å². The van der Waals surface area contributed by atoms with Gasteiger partial charge in [0.05, 0.1) is 18.4 Å². The number of anilines is 1. The van der Waals surface area contributed by atoms with Crippen LogP contribution in [0.5, 0.6) is 5.75 Å². The highest BCUT2D eigenvalue weighted by atomic mass is 35.5. The fourth-order valence-corrected chi connectivity index (χ4v) is 4.48. The van der Waals surface area contributed by atoms with E-state index in [0.717, 1.165) is 42.0 Å². The van der Waals surface area contributed by atoms with Gasteiger partial charge in [0.15, 0.2) is 0 Å². The van der Waals surface area contributed by atoms with Crippen LogP contribution in [-0.4, -0.2) is 41.2 Å². The lowest BCUT2D eigenvalue weighted by Gasteiger charge is -2.40. The van der Waals surface area contributed by atoms with Crippen LogP contribution in [0, 0.1) is 6.92 Å². The molecule has 7 nitrogen and oxygen atoms in total. The van der Waals surface area contributed by atoms with Crippen molar-refractivity contribution >= 4 is 40.4 Å². The van der Waals surface area contributed by atoms with Gasteiger partial charge >= 0.3 is 0 Å². The number of amides is 1. The number of ether oxygens (including phenoxy) is 2. The Morgan fingerprint density at radius 2 is 2.21 bits per heavy atom. The lowest BCUT2D eigenvalue weighted by atomic mass is 9.93. The third-order valence-electron chi connectivity index (χ3n) is 6.40. The molecule has 0 radical (unpaired) electrons. The highest BCUT2D eigenvalue weighted by Crippen LogP contribution is 2.31. The lowest BCUT2D eigenvalue weighted by Crippen LogP contribution is -2.48. The maximum absolute atomic E-state index is 12.7. The number of pyridine rings is 1. The zero-order chi connectivity index (χ0) is 24.1. The molecule has 1 atom stereocenters. The average molecular weight is 501 g/mol. The van der Waals surface area contributed by atoms with Crippen molar-refractivity contribution < 1.29 is 14.3 Å². The molecule has 1 aromatic carbocycles. The molecule has 1 fully saturated rings. The van der Waals surface area contributed by atoms with Gasteiger partial charge in [0, 0.05) is 54.1 Å². The Kier molecular flexibility index (Phi) is 7.70. The van der Waals surface area contributed by atoms with Gasteiger partial charge in [-0.05, 0) is 37.1 Å². The van der Waals surface area contributed by atoms with E-state index in [4.69, 9.17) is 33.3 Å². The number of carbonyl (C=O) groups is 1. The van der Waals surface area contributed by atoms with E-state index in [1.807, 2.05) is 31.2 Å². The van der Waals surface area contributed by atoms with Crippen LogP contribution in [0.1, 0.15) is 37.3 Å². The Morgan fingerprint density at radius 1 is 1.38 bits per heavy atom. The number of rotatable bonds is 9. The first-order valence-electron chi connectivity index (χ1n) is 11.4. The van der Waals surface area contributed by atoms with Crippen LogP contribution < -0.4 is 20.7 Å². The SMILES string of the molecule is CCC1(COc2cnccc2CNC2=C(C(=S)Nc3cccc(Cl)c3C)C(=O)NCC2)CCO1. The molecule has 4 rings (SSSR count). The predicted molar refractivity (Wildman–Crippen MR) is 137 cm³/mol. The van der Waals surface area contributed by atoms with E-state index in [1.165, 1.54) is 0 Å². The number of hydrogen-bond acceptors (Lipinski definition) is 6. The summed E-state index contributed by atoms with van der Waals surface area (Å²) in [6, 6.07) is 7.46.